The number of carboxylic acids is 1. The molecule has 0 spiro atoms. The van der Waals surface area contributed by atoms with Gasteiger partial charge in [-0.3, -0.25) is 9.59 Å². The van der Waals surface area contributed by atoms with Crippen molar-refractivity contribution in [3.8, 4) is 0 Å². The Labute approximate surface area is 110 Å². The number of rotatable bonds is 6. The molecule has 19 heavy (non-hydrogen) atoms. The van der Waals surface area contributed by atoms with E-state index in [-0.39, 0.29) is 17.7 Å². The van der Waals surface area contributed by atoms with Crippen molar-refractivity contribution >= 4 is 22.1 Å². The molecule has 0 saturated carbocycles. The number of carboxylic acid groups (broad SMARTS) is 1. The topological polar surface area (TPSA) is 124 Å². The molecule has 0 unspecified atom stereocenters. The standard InChI is InChI=1S/C11H13NO6S/c12-9(11(14)15)6-7-10(13)18-19(16,17)8-4-2-1-3-5-8/h1-5,9H,6-7,12H2,(H,14,15)/t9-/m0/s1. The third-order valence-corrected chi connectivity index (χ3v) is 3.47. The van der Waals surface area contributed by atoms with Crippen molar-refractivity contribution in [3.63, 3.8) is 0 Å². The van der Waals surface area contributed by atoms with Crippen LogP contribution >= 0.6 is 0 Å². The molecule has 0 amide bonds. The number of carbonyl (C=O) groups is 2. The summed E-state index contributed by atoms with van der Waals surface area (Å²) >= 11 is 0. The first-order chi connectivity index (χ1) is 8.83. The monoisotopic (exact) mass is 287 g/mol. The van der Waals surface area contributed by atoms with Crippen molar-refractivity contribution in [3.05, 3.63) is 30.3 Å². The highest BCUT2D eigenvalue weighted by Crippen LogP contribution is 2.12. The molecule has 0 aliphatic carbocycles. The van der Waals surface area contributed by atoms with Crippen molar-refractivity contribution < 1.29 is 27.3 Å². The third-order valence-electron chi connectivity index (χ3n) is 2.21. The van der Waals surface area contributed by atoms with Crippen molar-refractivity contribution in [1.82, 2.24) is 0 Å². The molecule has 1 rings (SSSR count). The summed E-state index contributed by atoms with van der Waals surface area (Å²) in [5.74, 6) is -2.31. The fourth-order valence-corrected chi connectivity index (χ4v) is 2.11. The van der Waals surface area contributed by atoms with Crippen LogP contribution in [-0.4, -0.2) is 31.5 Å². The highest BCUT2D eigenvalue weighted by molar-refractivity contribution is 7.87. The maximum atomic E-state index is 11.6. The summed E-state index contributed by atoms with van der Waals surface area (Å²) in [7, 11) is -4.17. The Bertz CT molecular complexity index is 554. The molecular formula is C11H13NO6S. The van der Waals surface area contributed by atoms with Crippen LogP contribution < -0.4 is 5.73 Å². The Morgan fingerprint density at radius 3 is 2.37 bits per heavy atom. The van der Waals surface area contributed by atoms with E-state index < -0.39 is 28.1 Å². The van der Waals surface area contributed by atoms with Crippen LogP contribution in [0.25, 0.3) is 0 Å². The summed E-state index contributed by atoms with van der Waals surface area (Å²) in [6.45, 7) is 0. The Balaban J connectivity index is 2.60. The number of carbonyl (C=O) groups excluding carboxylic acids is 1. The van der Waals surface area contributed by atoms with Crippen LogP contribution in [-0.2, 0) is 23.9 Å². The van der Waals surface area contributed by atoms with Gasteiger partial charge in [0, 0.05) is 6.42 Å². The van der Waals surface area contributed by atoms with Crippen molar-refractivity contribution in [1.29, 1.82) is 0 Å². The zero-order valence-corrected chi connectivity index (χ0v) is 10.7. The van der Waals surface area contributed by atoms with Gasteiger partial charge in [-0.05, 0) is 18.6 Å². The van der Waals surface area contributed by atoms with Crippen LogP contribution in [0.1, 0.15) is 12.8 Å². The van der Waals surface area contributed by atoms with Crippen LogP contribution in [0.5, 0.6) is 0 Å². The minimum atomic E-state index is -4.17. The molecule has 1 aromatic carbocycles. The van der Waals surface area contributed by atoms with E-state index in [0.29, 0.717) is 0 Å². The summed E-state index contributed by atoms with van der Waals surface area (Å²) < 4.78 is 27.6. The zero-order valence-electron chi connectivity index (χ0n) is 9.85. The zero-order chi connectivity index (χ0) is 14.5. The predicted octanol–water partition coefficient (Wildman–Crippen LogP) is 0.111. The first-order valence-corrected chi connectivity index (χ1v) is 6.74. The Morgan fingerprint density at radius 1 is 1.26 bits per heavy atom. The van der Waals surface area contributed by atoms with Gasteiger partial charge in [-0.2, -0.15) is 8.42 Å². The molecular weight excluding hydrogens is 274 g/mol. The van der Waals surface area contributed by atoms with Crippen LogP contribution in [0.2, 0.25) is 0 Å². The number of hydrogen-bond donors (Lipinski definition) is 2. The fourth-order valence-electron chi connectivity index (χ4n) is 1.20. The average molecular weight is 287 g/mol. The van der Waals surface area contributed by atoms with Gasteiger partial charge >= 0.3 is 22.1 Å². The Kier molecular flexibility index (Phi) is 5.02. The van der Waals surface area contributed by atoms with Crippen LogP contribution in [0.3, 0.4) is 0 Å². The van der Waals surface area contributed by atoms with Gasteiger partial charge in [0.05, 0.1) is 0 Å². The van der Waals surface area contributed by atoms with Crippen molar-refractivity contribution in [2.75, 3.05) is 0 Å². The largest absolute Gasteiger partial charge is 0.480 e. The van der Waals surface area contributed by atoms with E-state index in [2.05, 4.69) is 4.18 Å². The normalized spacial score (nSPS) is 12.7. The number of aliphatic carboxylic acids is 1. The lowest BCUT2D eigenvalue weighted by Crippen LogP contribution is -2.31. The molecule has 7 nitrogen and oxygen atoms in total. The van der Waals surface area contributed by atoms with Gasteiger partial charge in [-0.25, -0.2) is 0 Å². The van der Waals surface area contributed by atoms with Gasteiger partial charge in [0.1, 0.15) is 10.9 Å². The van der Waals surface area contributed by atoms with Gasteiger partial charge < -0.3 is 15.0 Å². The molecule has 1 atom stereocenters. The SMILES string of the molecule is N[C@@H](CCC(=O)OS(=O)(=O)c1ccccc1)C(=O)O. The van der Waals surface area contributed by atoms with Crippen molar-refractivity contribution in [2.45, 2.75) is 23.8 Å². The van der Waals surface area contributed by atoms with Gasteiger partial charge in [0.15, 0.2) is 0 Å². The highest BCUT2D eigenvalue weighted by atomic mass is 32.2. The quantitative estimate of drug-likeness (QED) is 0.711. The molecule has 3 N–H and O–H groups in total. The maximum absolute atomic E-state index is 11.6. The van der Waals surface area contributed by atoms with Gasteiger partial charge in [0.2, 0.25) is 0 Å². The number of nitrogens with two attached hydrogens (primary N) is 1. The van der Waals surface area contributed by atoms with E-state index in [1.165, 1.54) is 24.3 Å². The second-order valence-corrected chi connectivity index (χ2v) is 5.25. The second kappa shape index (κ2) is 6.30. The van der Waals surface area contributed by atoms with E-state index in [9.17, 15) is 18.0 Å². The van der Waals surface area contributed by atoms with Gasteiger partial charge in [-0.15, -0.1) is 0 Å². The van der Waals surface area contributed by atoms with E-state index in [1.807, 2.05) is 0 Å². The molecule has 0 radical (unpaired) electrons. The number of hydrogen-bond acceptors (Lipinski definition) is 6. The van der Waals surface area contributed by atoms with Gasteiger partial charge in [0.25, 0.3) is 0 Å². The lowest BCUT2D eigenvalue weighted by Gasteiger charge is -2.07. The summed E-state index contributed by atoms with van der Waals surface area (Å²) in [5, 5.41) is 8.51. The third kappa shape index (κ3) is 4.68. The minimum absolute atomic E-state index is 0.147. The lowest BCUT2D eigenvalue weighted by atomic mass is 10.2. The average Bonchev–Trinajstić information content (AvgIpc) is 2.36. The van der Waals surface area contributed by atoms with E-state index in [0.717, 1.165) is 0 Å². The minimum Gasteiger partial charge on any atom is -0.480 e. The molecule has 1 aromatic rings. The first-order valence-electron chi connectivity index (χ1n) is 5.33. The Morgan fingerprint density at radius 2 is 1.84 bits per heavy atom. The van der Waals surface area contributed by atoms with E-state index in [1.54, 1.807) is 6.07 Å². The molecule has 0 aliphatic heterocycles. The lowest BCUT2D eigenvalue weighted by molar-refractivity contribution is -0.139. The van der Waals surface area contributed by atoms with Gasteiger partial charge in [-0.1, -0.05) is 18.2 Å². The first kappa shape index (κ1) is 15.1. The molecule has 8 heteroatoms. The predicted molar refractivity (Wildman–Crippen MR) is 64.6 cm³/mol. The second-order valence-electron chi connectivity index (χ2n) is 3.71. The molecule has 0 heterocycles. The Hall–Kier alpha value is -1.93. The molecule has 104 valence electrons. The summed E-state index contributed by atoms with van der Waals surface area (Å²) in [6.07, 6.45) is -0.585. The molecule has 0 bridgehead atoms. The van der Waals surface area contributed by atoms with Crippen molar-refractivity contribution in [2.24, 2.45) is 5.73 Å². The van der Waals surface area contributed by atoms with E-state index >= 15 is 0 Å². The summed E-state index contributed by atoms with van der Waals surface area (Å²) in [5.41, 5.74) is 5.18. The highest BCUT2D eigenvalue weighted by Gasteiger charge is 2.21. The van der Waals surface area contributed by atoms with E-state index in [4.69, 9.17) is 10.8 Å². The van der Waals surface area contributed by atoms with Crippen LogP contribution in [0.15, 0.2) is 35.2 Å². The molecule has 0 aliphatic rings. The summed E-state index contributed by atoms with van der Waals surface area (Å²) in [4.78, 5) is 21.6. The number of benzene rings is 1. The molecule has 0 aromatic heterocycles. The van der Waals surface area contributed by atoms with Crippen LogP contribution in [0, 0.1) is 0 Å². The maximum Gasteiger partial charge on any atom is 0.341 e. The molecule has 0 fully saturated rings. The summed E-state index contributed by atoms with van der Waals surface area (Å²) in [6, 6.07) is 5.93. The molecule has 0 saturated heterocycles. The van der Waals surface area contributed by atoms with Crippen LogP contribution in [0.4, 0.5) is 0 Å². The smallest absolute Gasteiger partial charge is 0.341 e. The fraction of sp³-hybridized carbons (Fsp3) is 0.273.